The van der Waals surface area contributed by atoms with Gasteiger partial charge in [-0.1, -0.05) is 131 Å². The maximum absolute atomic E-state index is 13.0. The predicted octanol–water partition coefficient (Wildman–Crippen LogP) is 17.1. The number of alkyl halides is 8. The highest BCUT2D eigenvalue weighted by Gasteiger charge is 2.44. The zero-order valence-corrected chi connectivity index (χ0v) is 39.0. The highest BCUT2D eigenvalue weighted by molar-refractivity contribution is 5.40. The van der Waals surface area contributed by atoms with Crippen molar-refractivity contribution in [2.24, 2.45) is 11.8 Å². The van der Waals surface area contributed by atoms with Crippen molar-refractivity contribution >= 4 is 0 Å². The predicted molar refractivity (Wildman–Crippen MR) is 252 cm³/mol. The van der Waals surface area contributed by atoms with Gasteiger partial charge >= 0.3 is 25.1 Å². The van der Waals surface area contributed by atoms with Crippen molar-refractivity contribution in [3.05, 3.63) is 130 Å². The van der Waals surface area contributed by atoms with Gasteiger partial charge in [0.2, 0.25) is 0 Å². The van der Waals surface area contributed by atoms with Gasteiger partial charge in [-0.15, -0.1) is 0 Å². The average Bonchev–Trinajstić information content (AvgIpc) is 3.33. The number of ether oxygens (including phenoxy) is 2. The van der Waals surface area contributed by atoms with Crippen LogP contribution in [-0.2, 0) is 12.8 Å². The summed E-state index contributed by atoms with van der Waals surface area (Å²) in [5, 5.41) is 0. The maximum atomic E-state index is 13.0. The highest BCUT2D eigenvalue weighted by atomic mass is 19.3. The third-order valence-electron chi connectivity index (χ3n) is 12.8. The van der Waals surface area contributed by atoms with Gasteiger partial charge in [0.05, 0.1) is 0 Å². The first kappa shape index (κ1) is 53.0. The molecule has 0 bridgehead atoms. The maximum Gasteiger partial charge on any atom is 0.461 e. The molecule has 0 aromatic heterocycles. The van der Waals surface area contributed by atoms with E-state index in [2.05, 4.69) is 95.5 Å². The number of hydrogen-bond acceptors (Lipinski definition) is 2. The van der Waals surface area contributed by atoms with Gasteiger partial charge in [0.1, 0.15) is 11.5 Å². The van der Waals surface area contributed by atoms with Gasteiger partial charge in [-0.2, -0.15) is 35.1 Å². The molecule has 2 fully saturated rings. The quantitative estimate of drug-likeness (QED) is 0.0530. The Labute approximate surface area is 393 Å². The van der Waals surface area contributed by atoms with Crippen molar-refractivity contribution in [2.45, 2.75) is 173 Å². The fraction of sp³-hybridized carbons (Fsp3) is 0.509. The molecule has 2 aliphatic carbocycles. The molecular formula is C57H66F8O2. The largest absolute Gasteiger partial charge is 0.461 e. The molecule has 67 heavy (non-hydrogen) atoms. The molecule has 2 nitrogen and oxygen atoms in total. The number of rotatable bonds is 19. The molecule has 0 heterocycles. The van der Waals surface area contributed by atoms with Crippen LogP contribution in [-0.4, -0.2) is 25.1 Å². The summed E-state index contributed by atoms with van der Waals surface area (Å²) in [5.41, 5.74) is 6.98. The molecule has 0 atom stereocenters. The van der Waals surface area contributed by atoms with Crippen LogP contribution in [0.2, 0.25) is 0 Å². The third-order valence-corrected chi connectivity index (χ3v) is 12.8. The lowest BCUT2D eigenvalue weighted by molar-refractivity contribution is -0.253. The van der Waals surface area contributed by atoms with Gasteiger partial charge in [0.25, 0.3) is 0 Å². The van der Waals surface area contributed by atoms with E-state index in [0.29, 0.717) is 34.8 Å². The molecule has 10 heteroatoms. The molecule has 0 aliphatic heterocycles. The van der Waals surface area contributed by atoms with Crippen molar-refractivity contribution < 1.29 is 44.6 Å². The van der Waals surface area contributed by atoms with E-state index >= 15 is 0 Å². The molecule has 0 unspecified atom stereocenters. The summed E-state index contributed by atoms with van der Waals surface area (Å²) in [6.45, 7) is 4.47. The molecule has 0 N–H and O–H groups in total. The van der Waals surface area contributed by atoms with Crippen LogP contribution in [0.5, 0.6) is 11.5 Å². The zero-order valence-electron chi connectivity index (χ0n) is 39.0. The van der Waals surface area contributed by atoms with Crippen LogP contribution in [0.3, 0.4) is 0 Å². The molecular weight excluding hydrogens is 869 g/mol. The minimum atomic E-state index is -4.50. The van der Waals surface area contributed by atoms with Crippen LogP contribution in [0.25, 0.3) is 0 Å². The number of aryl methyl sites for hydroxylation is 2. The van der Waals surface area contributed by atoms with E-state index in [1.165, 1.54) is 129 Å². The number of halogens is 8. The van der Waals surface area contributed by atoms with Gasteiger partial charge < -0.3 is 9.47 Å². The van der Waals surface area contributed by atoms with Gasteiger partial charge in [-0.3, -0.25) is 0 Å². The SMILES string of the molecule is CCCCCCCc1ccc([C@H]2CC[C@H](C#Cc3ccc(OC(F)(F)C(F)F)cc3)CC2)cc1.CCCCCCc1ccc([C@H]2CC[C@H](C#Cc3ccc(OC(F)(F)C(F)F)cc3)CC2)cc1. The van der Waals surface area contributed by atoms with Gasteiger partial charge in [-0.25, -0.2) is 0 Å². The monoisotopic (exact) mass is 934 g/mol. The summed E-state index contributed by atoms with van der Waals surface area (Å²) in [7, 11) is 0. The molecule has 4 aromatic carbocycles. The van der Waals surface area contributed by atoms with E-state index in [4.69, 9.17) is 0 Å². The molecule has 6 rings (SSSR count). The van der Waals surface area contributed by atoms with Crippen LogP contribution in [0.1, 0.15) is 168 Å². The Morgan fingerprint density at radius 3 is 1.10 bits per heavy atom. The number of benzene rings is 4. The first-order chi connectivity index (χ1) is 32.2. The molecule has 0 radical (unpaired) electrons. The molecule has 362 valence electrons. The second-order valence-electron chi connectivity index (χ2n) is 18.1. The Hall–Kier alpha value is -4.96. The molecule has 0 amide bonds. The van der Waals surface area contributed by atoms with Crippen molar-refractivity contribution in [1.82, 2.24) is 0 Å². The van der Waals surface area contributed by atoms with Crippen molar-refractivity contribution in [2.75, 3.05) is 0 Å². The summed E-state index contributed by atoms with van der Waals surface area (Å²) in [5.74, 6) is 13.9. The second kappa shape index (κ2) is 27.1. The summed E-state index contributed by atoms with van der Waals surface area (Å²) in [6.07, 6.45) is 5.74. The lowest BCUT2D eigenvalue weighted by Crippen LogP contribution is -2.33. The molecule has 0 saturated heterocycles. The lowest BCUT2D eigenvalue weighted by Gasteiger charge is -2.26. The lowest BCUT2D eigenvalue weighted by atomic mass is 9.78. The van der Waals surface area contributed by atoms with Crippen molar-refractivity contribution in [3.63, 3.8) is 0 Å². The van der Waals surface area contributed by atoms with Crippen molar-refractivity contribution in [3.8, 4) is 35.2 Å². The average molecular weight is 935 g/mol. The van der Waals surface area contributed by atoms with Crippen LogP contribution in [0.15, 0.2) is 97.1 Å². The minimum absolute atomic E-state index is 0.303. The Kier molecular flexibility index (Phi) is 21.5. The summed E-state index contributed by atoms with van der Waals surface area (Å²) < 4.78 is 109. The zero-order chi connectivity index (χ0) is 48.1. The second-order valence-corrected chi connectivity index (χ2v) is 18.1. The summed E-state index contributed by atoms with van der Waals surface area (Å²) >= 11 is 0. The van der Waals surface area contributed by atoms with Gasteiger partial charge in [0.15, 0.2) is 0 Å². The first-order valence-electron chi connectivity index (χ1n) is 24.4. The van der Waals surface area contributed by atoms with E-state index in [1.54, 1.807) is 0 Å². The Morgan fingerprint density at radius 1 is 0.448 bits per heavy atom. The Bertz CT molecular complexity index is 2130. The van der Waals surface area contributed by atoms with Crippen LogP contribution >= 0.6 is 0 Å². The Balaban J connectivity index is 0.000000251. The standard InChI is InChI=1S/C29H34F4O.C28H32F4O/c1-2-3-4-5-6-7-22-10-16-25(17-11-22)26-18-12-23(13-19-26)8-9-24-14-20-27(21-15-24)34-29(32,33)28(30)31;1-2-3-4-5-6-21-9-15-24(16-10-21)25-17-11-22(12-18-25)7-8-23-13-19-26(20-14-23)33-28(31,32)27(29)30/h10-11,14-17,20-21,23,26,28H,2-7,12-13,18-19H2,1H3;9-10,13-16,19-20,22,25,27H,2-6,11-12,17-18H2,1H3/t23-,26-;22-,25-. The molecule has 2 saturated carbocycles. The van der Waals surface area contributed by atoms with Crippen LogP contribution in [0.4, 0.5) is 35.1 Å². The minimum Gasteiger partial charge on any atom is -0.428 e. The van der Waals surface area contributed by atoms with E-state index < -0.39 is 25.1 Å². The topological polar surface area (TPSA) is 18.5 Å². The van der Waals surface area contributed by atoms with Gasteiger partial charge in [-0.05, 0) is 160 Å². The highest BCUT2D eigenvalue weighted by Crippen LogP contribution is 2.37. The number of hydrogen-bond donors (Lipinski definition) is 0. The fourth-order valence-electron chi connectivity index (χ4n) is 8.73. The number of unbranched alkanes of at least 4 members (excludes halogenated alkanes) is 7. The van der Waals surface area contributed by atoms with E-state index in [0.717, 1.165) is 64.2 Å². The molecule has 0 spiro atoms. The van der Waals surface area contributed by atoms with E-state index in [-0.39, 0.29) is 11.5 Å². The summed E-state index contributed by atoms with van der Waals surface area (Å²) in [4.78, 5) is 0. The first-order valence-corrected chi connectivity index (χ1v) is 24.4. The molecule has 4 aromatic rings. The molecule has 2 aliphatic rings. The third kappa shape index (κ3) is 18.2. The normalized spacial score (nSPS) is 18.5. The van der Waals surface area contributed by atoms with Crippen molar-refractivity contribution in [1.29, 1.82) is 0 Å². The smallest absolute Gasteiger partial charge is 0.428 e. The fourth-order valence-corrected chi connectivity index (χ4v) is 8.73. The van der Waals surface area contributed by atoms with Crippen LogP contribution in [0, 0.1) is 35.5 Å². The Morgan fingerprint density at radius 2 is 0.776 bits per heavy atom. The van der Waals surface area contributed by atoms with Crippen LogP contribution < -0.4 is 9.47 Å². The van der Waals surface area contributed by atoms with E-state index in [9.17, 15) is 35.1 Å². The van der Waals surface area contributed by atoms with Gasteiger partial charge in [0, 0.05) is 23.0 Å². The van der Waals surface area contributed by atoms with E-state index in [1.807, 2.05) is 0 Å². The summed E-state index contributed by atoms with van der Waals surface area (Å²) in [6, 6.07) is 29.3.